The van der Waals surface area contributed by atoms with Crippen molar-refractivity contribution in [3.63, 3.8) is 0 Å². The van der Waals surface area contributed by atoms with Gasteiger partial charge in [0.2, 0.25) is 5.91 Å². The topological polar surface area (TPSA) is 149 Å². The van der Waals surface area contributed by atoms with Gasteiger partial charge in [-0.2, -0.15) is 0 Å². The number of nitrogens with zero attached hydrogens (tertiary/aromatic N) is 3. The molecule has 0 spiro atoms. The van der Waals surface area contributed by atoms with Crippen LogP contribution in [0.4, 0.5) is 11.6 Å². The third kappa shape index (κ3) is 6.53. The molecular weight excluding hydrogens is 466 g/mol. The SMILES string of the molecule is C=N/C=C\c1ccccc1CC(=O)NCc1ccc(C(=N)c2c(N)ncnc2NC2C=CC(O)C2)cc1. The van der Waals surface area contributed by atoms with Gasteiger partial charge in [-0.25, -0.2) is 9.97 Å². The van der Waals surface area contributed by atoms with E-state index in [9.17, 15) is 9.90 Å². The Hall–Kier alpha value is -4.63. The first-order chi connectivity index (χ1) is 17.9. The summed E-state index contributed by atoms with van der Waals surface area (Å²) in [4.78, 5) is 24.6. The van der Waals surface area contributed by atoms with Gasteiger partial charge in [0.05, 0.1) is 23.8 Å². The minimum Gasteiger partial charge on any atom is -0.389 e. The first-order valence-electron chi connectivity index (χ1n) is 11.8. The summed E-state index contributed by atoms with van der Waals surface area (Å²) >= 11 is 0. The number of hydrogen-bond donors (Lipinski definition) is 5. The molecule has 4 rings (SSSR count). The predicted molar refractivity (Wildman–Crippen MR) is 147 cm³/mol. The highest BCUT2D eigenvalue weighted by atomic mass is 16.3. The summed E-state index contributed by atoms with van der Waals surface area (Å²) in [5, 5.41) is 24.7. The molecule has 1 aliphatic carbocycles. The summed E-state index contributed by atoms with van der Waals surface area (Å²) in [5.41, 5.74) is 10.1. The molecule has 0 saturated carbocycles. The van der Waals surface area contributed by atoms with E-state index in [0.29, 0.717) is 29.9 Å². The minimum atomic E-state index is -0.506. The fourth-order valence-electron chi connectivity index (χ4n) is 4.08. The maximum absolute atomic E-state index is 12.5. The zero-order chi connectivity index (χ0) is 26.2. The third-order valence-electron chi connectivity index (χ3n) is 6.01. The molecule has 2 atom stereocenters. The third-order valence-corrected chi connectivity index (χ3v) is 6.01. The van der Waals surface area contributed by atoms with Crippen LogP contribution in [0.2, 0.25) is 0 Å². The van der Waals surface area contributed by atoms with Crippen LogP contribution in [0.15, 0.2) is 78.2 Å². The summed E-state index contributed by atoms with van der Waals surface area (Å²) in [7, 11) is 0. The molecule has 1 aliphatic rings. The predicted octanol–water partition coefficient (Wildman–Crippen LogP) is 3.11. The molecule has 37 heavy (non-hydrogen) atoms. The quantitative estimate of drug-likeness (QED) is 0.215. The van der Waals surface area contributed by atoms with E-state index in [1.807, 2.05) is 60.7 Å². The van der Waals surface area contributed by atoms with E-state index in [1.54, 1.807) is 12.3 Å². The standard InChI is InChI=1S/C28H29N7O2/c1-31-13-12-19-4-2-3-5-21(19)14-24(37)32-16-18-6-8-20(9-7-18)26(29)25-27(30)33-17-34-28(25)35-22-10-11-23(36)15-22/h2-13,17,22-23,29,36H,1,14-16H2,(H,32,37)(H3,30,33,34,35)/b13-12-,29-26?. The summed E-state index contributed by atoms with van der Waals surface area (Å²) in [6.07, 6.45) is 8.62. The van der Waals surface area contributed by atoms with E-state index < -0.39 is 6.10 Å². The van der Waals surface area contributed by atoms with Crippen LogP contribution in [0, 0.1) is 5.41 Å². The number of carbonyl (C=O) groups is 1. The number of carbonyl (C=O) groups excluding carboxylic acids is 1. The van der Waals surface area contributed by atoms with E-state index >= 15 is 0 Å². The van der Waals surface area contributed by atoms with Crippen LogP contribution < -0.4 is 16.4 Å². The molecule has 188 valence electrons. The lowest BCUT2D eigenvalue weighted by molar-refractivity contribution is -0.120. The number of aliphatic hydroxyl groups excluding tert-OH is 1. The first kappa shape index (κ1) is 25.5. The monoisotopic (exact) mass is 495 g/mol. The van der Waals surface area contributed by atoms with Crippen molar-refractivity contribution in [1.29, 1.82) is 5.41 Å². The summed E-state index contributed by atoms with van der Waals surface area (Å²) in [5.74, 6) is 0.539. The Morgan fingerprint density at radius 2 is 1.97 bits per heavy atom. The van der Waals surface area contributed by atoms with E-state index in [2.05, 4.69) is 32.3 Å². The molecule has 0 saturated heterocycles. The van der Waals surface area contributed by atoms with E-state index in [1.165, 1.54) is 6.33 Å². The van der Waals surface area contributed by atoms with Gasteiger partial charge in [0.25, 0.3) is 0 Å². The Morgan fingerprint density at radius 3 is 2.70 bits per heavy atom. The number of nitrogens with one attached hydrogen (secondary N) is 3. The van der Waals surface area contributed by atoms with Gasteiger partial charge in [0.1, 0.15) is 18.0 Å². The number of aliphatic imine (C=N–C) groups is 1. The van der Waals surface area contributed by atoms with Crippen LogP contribution in [-0.4, -0.2) is 45.6 Å². The molecule has 6 N–H and O–H groups in total. The second kappa shape index (κ2) is 11.9. The molecule has 9 nitrogen and oxygen atoms in total. The number of rotatable bonds is 10. The first-order valence-corrected chi connectivity index (χ1v) is 11.8. The summed E-state index contributed by atoms with van der Waals surface area (Å²) in [6.45, 7) is 3.80. The Balaban J connectivity index is 1.39. The number of hydrogen-bond acceptors (Lipinski definition) is 8. The molecule has 1 amide bonds. The van der Waals surface area contributed by atoms with Gasteiger partial charge in [-0.15, -0.1) is 0 Å². The van der Waals surface area contributed by atoms with Gasteiger partial charge in [0.15, 0.2) is 0 Å². The number of amides is 1. The highest BCUT2D eigenvalue weighted by Crippen LogP contribution is 2.24. The van der Waals surface area contributed by atoms with Gasteiger partial charge < -0.3 is 21.5 Å². The van der Waals surface area contributed by atoms with E-state index in [-0.39, 0.29) is 29.9 Å². The van der Waals surface area contributed by atoms with Crippen molar-refractivity contribution in [3.05, 3.63) is 101 Å². The molecule has 1 aromatic heterocycles. The fraction of sp³-hybridized carbons (Fsp3) is 0.179. The van der Waals surface area contributed by atoms with Crippen molar-refractivity contribution < 1.29 is 9.90 Å². The molecule has 2 aromatic carbocycles. The van der Waals surface area contributed by atoms with Crippen LogP contribution in [0.1, 0.15) is 34.2 Å². The molecule has 0 radical (unpaired) electrons. The van der Waals surface area contributed by atoms with Gasteiger partial charge >= 0.3 is 0 Å². The molecule has 1 heterocycles. The highest BCUT2D eigenvalue weighted by molar-refractivity contribution is 6.16. The van der Waals surface area contributed by atoms with Gasteiger partial charge in [-0.3, -0.25) is 15.2 Å². The van der Waals surface area contributed by atoms with Gasteiger partial charge in [0, 0.05) is 30.8 Å². The van der Waals surface area contributed by atoms with Crippen LogP contribution >= 0.6 is 0 Å². The average molecular weight is 496 g/mol. The number of anilines is 2. The van der Waals surface area contributed by atoms with Crippen molar-refractivity contribution in [2.75, 3.05) is 11.1 Å². The number of nitrogen functional groups attached to an aromatic ring is 1. The van der Waals surface area contributed by atoms with Crippen molar-refractivity contribution in [1.82, 2.24) is 15.3 Å². The van der Waals surface area contributed by atoms with Crippen LogP contribution in [0.3, 0.4) is 0 Å². The zero-order valence-corrected chi connectivity index (χ0v) is 20.3. The molecule has 3 aromatic rings. The number of nitrogens with two attached hydrogens (primary N) is 1. The molecule has 9 heteroatoms. The molecule has 0 bridgehead atoms. The largest absolute Gasteiger partial charge is 0.389 e. The van der Waals surface area contributed by atoms with Gasteiger partial charge in [-0.05, 0) is 29.5 Å². The van der Waals surface area contributed by atoms with Crippen molar-refractivity contribution >= 4 is 36.0 Å². The van der Waals surface area contributed by atoms with Crippen LogP contribution in [0.5, 0.6) is 0 Å². The number of aromatic nitrogens is 2. The highest BCUT2D eigenvalue weighted by Gasteiger charge is 2.21. The summed E-state index contributed by atoms with van der Waals surface area (Å²) in [6, 6.07) is 14.9. The lowest BCUT2D eigenvalue weighted by Crippen LogP contribution is -2.24. The second-order valence-corrected chi connectivity index (χ2v) is 8.64. The molecular formula is C28H29N7O2. The molecule has 0 aliphatic heterocycles. The Morgan fingerprint density at radius 1 is 1.19 bits per heavy atom. The second-order valence-electron chi connectivity index (χ2n) is 8.64. The van der Waals surface area contributed by atoms with Crippen LogP contribution in [-0.2, 0) is 17.8 Å². The maximum atomic E-state index is 12.5. The van der Waals surface area contributed by atoms with E-state index in [0.717, 1.165) is 16.7 Å². The fourth-order valence-corrected chi connectivity index (χ4v) is 4.08. The lowest BCUT2D eigenvalue weighted by atomic mass is 10.0. The zero-order valence-electron chi connectivity index (χ0n) is 20.3. The Labute approximate surface area is 215 Å². The van der Waals surface area contributed by atoms with Gasteiger partial charge in [-0.1, -0.05) is 60.7 Å². The van der Waals surface area contributed by atoms with E-state index in [4.69, 9.17) is 11.1 Å². The Bertz CT molecular complexity index is 1350. The lowest BCUT2D eigenvalue weighted by Gasteiger charge is -2.17. The summed E-state index contributed by atoms with van der Waals surface area (Å²) < 4.78 is 0. The molecule has 0 fully saturated rings. The van der Waals surface area contributed by atoms with Crippen molar-refractivity contribution in [3.8, 4) is 0 Å². The number of aliphatic hydroxyl groups is 1. The smallest absolute Gasteiger partial charge is 0.224 e. The maximum Gasteiger partial charge on any atom is 0.224 e. The number of benzene rings is 2. The van der Waals surface area contributed by atoms with Crippen molar-refractivity contribution in [2.45, 2.75) is 31.5 Å². The average Bonchev–Trinajstić information content (AvgIpc) is 3.31. The minimum absolute atomic E-state index is 0.0970. The molecule has 2 unspecified atom stereocenters. The Kier molecular flexibility index (Phi) is 8.17. The normalized spacial score (nSPS) is 16.6. The van der Waals surface area contributed by atoms with Crippen molar-refractivity contribution in [2.24, 2.45) is 4.99 Å². The van der Waals surface area contributed by atoms with Crippen LogP contribution in [0.25, 0.3) is 6.08 Å².